The number of alkyl carbamates (subject to hydrolysis) is 1. The number of rotatable bonds is 14. The Hall–Kier alpha value is -4.85. The Kier molecular flexibility index (Phi) is 13.8. The molecule has 2 aromatic carbocycles. The molecule has 288 valence electrons. The summed E-state index contributed by atoms with van der Waals surface area (Å²) in [7, 11) is 4.06. The van der Waals surface area contributed by atoms with Gasteiger partial charge >= 0.3 is 6.09 Å². The lowest BCUT2D eigenvalue weighted by Gasteiger charge is -2.32. The van der Waals surface area contributed by atoms with Crippen LogP contribution in [0, 0.1) is 11.8 Å². The van der Waals surface area contributed by atoms with E-state index >= 15 is 0 Å². The number of halogens is 1. The highest BCUT2D eigenvalue weighted by atomic mass is 35.5. The quantitative estimate of drug-likeness (QED) is 0.125. The van der Waals surface area contributed by atoms with E-state index in [0.717, 1.165) is 42.5 Å². The van der Waals surface area contributed by atoms with Gasteiger partial charge in [0, 0.05) is 42.4 Å². The van der Waals surface area contributed by atoms with Crippen molar-refractivity contribution in [2.24, 2.45) is 17.6 Å². The first kappa shape index (κ1) is 40.3. The number of aromatic amines is 1. The van der Waals surface area contributed by atoms with Crippen LogP contribution in [0.5, 0.6) is 5.88 Å². The molecule has 4 aromatic rings. The lowest BCUT2D eigenvalue weighted by Crippen LogP contribution is -2.50. The third-order valence-corrected chi connectivity index (χ3v) is 9.37. The summed E-state index contributed by atoms with van der Waals surface area (Å²) >= 11 is 5.94. The molecule has 0 bridgehead atoms. The third kappa shape index (κ3) is 11.6. The van der Waals surface area contributed by atoms with Gasteiger partial charge in [-0.05, 0) is 132 Å². The summed E-state index contributed by atoms with van der Waals surface area (Å²) in [6, 6.07) is 17.5. The molecule has 1 fully saturated rings. The van der Waals surface area contributed by atoms with E-state index < -0.39 is 23.6 Å². The van der Waals surface area contributed by atoms with Gasteiger partial charge in [0.15, 0.2) is 5.82 Å². The van der Waals surface area contributed by atoms with Crippen LogP contribution in [0.4, 0.5) is 10.5 Å². The van der Waals surface area contributed by atoms with Crippen molar-refractivity contribution in [3.05, 3.63) is 77.7 Å². The highest BCUT2D eigenvalue weighted by Crippen LogP contribution is 2.32. The second-order valence-electron chi connectivity index (χ2n) is 15.0. The number of imide groups is 1. The zero-order chi connectivity index (χ0) is 38.8. The second-order valence-corrected chi connectivity index (χ2v) is 15.4. The average Bonchev–Trinajstić information content (AvgIpc) is 3.58. The van der Waals surface area contributed by atoms with Gasteiger partial charge in [-0.15, -0.1) is 10.2 Å². The number of carbonyl (C=O) groups is 3. The molecule has 13 nitrogen and oxygen atoms in total. The smallest absolute Gasteiger partial charge is 0.407 e. The van der Waals surface area contributed by atoms with Gasteiger partial charge in [0.05, 0.1) is 18.3 Å². The van der Waals surface area contributed by atoms with E-state index in [4.69, 9.17) is 26.8 Å². The van der Waals surface area contributed by atoms with E-state index in [1.54, 1.807) is 30.5 Å². The van der Waals surface area contributed by atoms with Gasteiger partial charge in [0.2, 0.25) is 17.1 Å². The largest absolute Gasteiger partial charge is 0.478 e. The maximum absolute atomic E-state index is 14.3. The van der Waals surface area contributed by atoms with Gasteiger partial charge in [-0.25, -0.2) is 14.7 Å². The molecule has 1 aliphatic rings. The van der Waals surface area contributed by atoms with Crippen LogP contribution in [0.1, 0.15) is 58.4 Å². The molecule has 1 atom stereocenters. The number of hydrogen-bond donors (Lipinski definition) is 3. The normalized spacial score (nSPS) is 16.4. The number of H-pyrrole nitrogens is 1. The summed E-state index contributed by atoms with van der Waals surface area (Å²) in [6.45, 7) is 7.43. The van der Waals surface area contributed by atoms with Gasteiger partial charge in [-0.3, -0.25) is 9.59 Å². The van der Waals surface area contributed by atoms with Gasteiger partial charge < -0.3 is 30.4 Å². The number of nitrogens with one attached hydrogen (secondary N) is 2. The van der Waals surface area contributed by atoms with Crippen molar-refractivity contribution in [2.45, 2.75) is 70.9 Å². The maximum Gasteiger partial charge on any atom is 0.407 e. The van der Waals surface area contributed by atoms with E-state index in [9.17, 15) is 14.4 Å². The standard InChI is InChI=1S/C40H51ClN8O5/c1-40(2,3)54-39(52)44-24-26-10-12-29(13-11-26)36(50)49(32-17-14-28(15-18-32)35-45-38(41)47-46-35)37(51)33(42)23-27-8-6-9-30(22-27)31-16-19-34(43-25-31)53-21-7-20-48(4)5/h6,8-9,14-19,22,25-26,29,33H,7,10-13,20-21,23-24,42H2,1-5H3,(H,44,52)(H,45,46,47)/t26-,29-,33-/m0/s1. The lowest BCUT2D eigenvalue weighted by molar-refractivity contribution is -0.130. The first-order valence-corrected chi connectivity index (χ1v) is 18.8. The van der Waals surface area contributed by atoms with E-state index in [2.05, 4.69) is 30.4 Å². The van der Waals surface area contributed by atoms with Crippen LogP contribution in [0.2, 0.25) is 5.28 Å². The van der Waals surface area contributed by atoms with Crippen LogP contribution in [-0.2, 0) is 20.7 Å². The minimum atomic E-state index is -0.998. The van der Waals surface area contributed by atoms with Crippen molar-refractivity contribution in [3.8, 4) is 28.4 Å². The second kappa shape index (κ2) is 18.5. The molecule has 1 saturated carbocycles. The van der Waals surface area contributed by atoms with Crippen molar-refractivity contribution < 1.29 is 23.9 Å². The Morgan fingerprint density at radius 2 is 1.70 bits per heavy atom. The summed E-state index contributed by atoms with van der Waals surface area (Å²) in [6.07, 6.45) is 5.01. The highest BCUT2D eigenvalue weighted by Gasteiger charge is 2.35. The Bertz CT molecular complexity index is 1850. The molecule has 0 radical (unpaired) electrons. The number of anilines is 1. The topological polar surface area (TPSA) is 169 Å². The molecular formula is C40H51ClN8O5. The maximum atomic E-state index is 14.3. The molecule has 0 spiro atoms. The number of carbonyl (C=O) groups excluding carboxylic acids is 3. The average molecular weight is 759 g/mol. The molecule has 0 unspecified atom stereocenters. The molecule has 2 heterocycles. The molecule has 3 amide bonds. The minimum Gasteiger partial charge on any atom is -0.478 e. The Balaban J connectivity index is 1.27. The lowest BCUT2D eigenvalue weighted by atomic mass is 9.81. The molecule has 2 aromatic heterocycles. The van der Waals surface area contributed by atoms with Crippen LogP contribution in [0.15, 0.2) is 66.9 Å². The van der Waals surface area contributed by atoms with E-state index in [1.807, 2.05) is 71.3 Å². The van der Waals surface area contributed by atoms with E-state index in [1.165, 1.54) is 4.90 Å². The monoisotopic (exact) mass is 758 g/mol. The molecular weight excluding hydrogens is 708 g/mol. The predicted octanol–water partition coefficient (Wildman–Crippen LogP) is 6.28. The summed E-state index contributed by atoms with van der Waals surface area (Å²) in [5.74, 6) is 0.0423. The van der Waals surface area contributed by atoms with Crippen molar-refractivity contribution in [3.63, 3.8) is 0 Å². The summed E-state index contributed by atoms with van der Waals surface area (Å²) in [5.41, 5.74) is 9.82. The fourth-order valence-electron chi connectivity index (χ4n) is 6.42. The van der Waals surface area contributed by atoms with Gasteiger partial charge in [-0.1, -0.05) is 24.3 Å². The van der Waals surface area contributed by atoms with Crippen LogP contribution < -0.4 is 20.7 Å². The highest BCUT2D eigenvalue weighted by molar-refractivity contribution is 6.28. The number of nitrogens with zero attached hydrogens (tertiary/aromatic N) is 5. The van der Waals surface area contributed by atoms with Crippen molar-refractivity contribution >= 4 is 35.2 Å². The Morgan fingerprint density at radius 3 is 2.33 bits per heavy atom. The number of pyridine rings is 1. The van der Waals surface area contributed by atoms with Crippen molar-refractivity contribution in [1.82, 2.24) is 30.4 Å². The molecule has 5 rings (SSSR count). The van der Waals surface area contributed by atoms with E-state index in [0.29, 0.717) is 48.9 Å². The number of aromatic nitrogens is 4. The number of hydrogen-bond acceptors (Lipinski definition) is 10. The van der Waals surface area contributed by atoms with Gasteiger partial charge in [-0.2, -0.15) is 0 Å². The molecule has 1 aliphatic carbocycles. The van der Waals surface area contributed by atoms with Crippen molar-refractivity contribution in [2.75, 3.05) is 38.7 Å². The summed E-state index contributed by atoms with van der Waals surface area (Å²) in [4.78, 5) is 51.4. The minimum absolute atomic E-state index is 0.154. The summed E-state index contributed by atoms with van der Waals surface area (Å²) < 4.78 is 11.2. The zero-order valence-electron chi connectivity index (χ0n) is 31.7. The predicted molar refractivity (Wildman–Crippen MR) is 209 cm³/mol. The first-order valence-electron chi connectivity index (χ1n) is 18.4. The molecule has 54 heavy (non-hydrogen) atoms. The number of nitrogens with two attached hydrogens (primary N) is 1. The van der Waals surface area contributed by atoms with Crippen LogP contribution >= 0.6 is 11.6 Å². The third-order valence-electron chi connectivity index (χ3n) is 9.20. The SMILES string of the molecule is CN(C)CCCOc1ccc(-c2cccc(C[C@H](N)C(=O)N(c3ccc(-c4nnc(Cl)[nH]4)cc3)C(=O)[C@H]3CC[C@H](CNC(=O)OC(C)(C)C)CC3)c2)cn1. The van der Waals surface area contributed by atoms with Crippen LogP contribution in [0.25, 0.3) is 22.5 Å². The first-order chi connectivity index (χ1) is 25.8. The summed E-state index contributed by atoms with van der Waals surface area (Å²) in [5, 5.41) is 10.8. The Labute approximate surface area is 322 Å². The van der Waals surface area contributed by atoms with Gasteiger partial charge in [0.1, 0.15) is 5.60 Å². The molecule has 14 heteroatoms. The van der Waals surface area contributed by atoms with Crippen molar-refractivity contribution in [1.29, 1.82) is 0 Å². The Morgan fingerprint density at radius 1 is 0.981 bits per heavy atom. The molecule has 0 saturated heterocycles. The molecule has 0 aliphatic heterocycles. The molecule has 4 N–H and O–H groups in total. The van der Waals surface area contributed by atoms with E-state index in [-0.39, 0.29) is 29.4 Å². The number of amides is 3. The van der Waals surface area contributed by atoms with Crippen LogP contribution in [0.3, 0.4) is 0 Å². The fourth-order valence-corrected chi connectivity index (χ4v) is 6.55. The fraction of sp³-hybridized carbons (Fsp3) is 0.450. The number of ether oxygens (including phenoxy) is 2. The number of benzene rings is 2. The van der Waals surface area contributed by atoms with Gasteiger partial charge in [0.25, 0.3) is 5.91 Å². The zero-order valence-corrected chi connectivity index (χ0v) is 32.4. The van der Waals surface area contributed by atoms with Crippen LogP contribution in [-0.4, -0.2) is 88.4 Å².